The van der Waals surface area contributed by atoms with Crippen molar-refractivity contribution in [3.05, 3.63) is 29.3 Å². The second kappa shape index (κ2) is 6.13. The number of amides is 1. The summed E-state index contributed by atoms with van der Waals surface area (Å²) in [6.45, 7) is 1.69. The Morgan fingerprint density at radius 3 is 2.67 bits per heavy atom. The lowest BCUT2D eigenvalue weighted by molar-refractivity contribution is 0.0722. The van der Waals surface area contributed by atoms with Crippen LogP contribution >= 0.6 is 0 Å². The number of aryl methyl sites for hydroxylation is 1. The summed E-state index contributed by atoms with van der Waals surface area (Å²) in [5, 5.41) is 8.03. The molecule has 7 heteroatoms. The highest BCUT2D eigenvalue weighted by Gasteiger charge is 2.29. The van der Waals surface area contributed by atoms with Gasteiger partial charge in [0.25, 0.3) is 5.91 Å². The molecule has 2 rings (SSSR count). The maximum absolute atomic E-state index is 12.3. The Balaban J connectivity index is 2.16. The van der Waals surface area contributed by atoms with E-state index in [1.807, 2.05) is 0 Å². The van der Waals surface area contributed by atoms with Gasteiger partial charge in [-0.3, -0.25) is 4.79 Å². The van der Waals surface area contributed by atoms with Crippen molar-refractivity contribution >= 4 is 15.9 Å². The molecule has 0 bridgehead atoms. The molecule has 0 spiro atoms. The lowest BCUT2D eigenvalue weighted by atomic mass is 10.1. The molecule has 0 radical (unpaired) electrons. The van der Waals surface area contributed by atoms with Gasteiger partial charge in [0, 0.05) is 12.7 Å². The van der Waals surface area contributed by atoms with Gasteiger partial charge >= 0.3 is 0 Å². The van der Waals surface area contributed by atoms with Gasteiger partial charge in [0.05, 0.1) is 17.0 Å². The van der Waals surface area contributed by atoms with Gasteiger partial charge in [-0.15, -0.1) is 0 Å². The highest BCUT2D eigenvalue weighted by molar-refractivity contribution is 7.89. The predicted octanol–water partition coefficient (Wildman–Crippen LogP) is 0.940. The van der Waals surface area contributed by atoms with E-state index in [0.29, 0.717) is 11.1 Å². The zero-order valence-corrected chi connectivity index (χ0v) is 12.9. The predicted molar refractivity (Wildman–Crippen MR) is 78.5 cm³/mol. The van der Waals surface area contributed by atoms with Crippen molar-refractivity contribution in [1.82, 2.24) is 5.32 Å². The van der Waals surface area contributed by atoms with Crippen molar-refractivity contribution in [3.8, 4) is 0 Å². The number of rotatable bonds is 4. The SMILES string of the molecule is COC1CCCC1NC(=O)c1ccc(S(N)(=O)=O)cc1C. The maximum atomic E-state index is 12.3. The molecule has 1 aliphatic rings. The van der Waals surface area contributed by atoms with Crippen molar-refractivity contribution < 1.29 is 17.9 Å². The standard InChI is InChI=1S/C14H20N2O4S/c1-9-8-10(21(15,18)19)6-7-11(9)14(17)16-12-4-3-5-13(12)20-2/h6-8,12-13H,3-5H2,1-2H3,(H,16,17)(H2,15,18,19). The Hall–Kier alpha value is -1.44. The molecule has 0 saturated heterocycles. The van der Waals surface area contributed by atoms with Gasteiger partial charge in [-0.25, -0.2) is 13.6 Å². The van der Waals surface area contributed by atoms with E-state index < -0.39 is 10.0 Å². The van der Waals surface area contributed by atoms with Crippen molar-refractivity contribution in [2.24, 2.45) is 5.14 Å². The van der Waals surface area contributed by atoms with E-state index in [2.05, 4.69) is 5.32 Å². The van der Waals surface area contributed by atoms with E-state index in [1.165, 1.54) is 18.2 Å². The fourth-order valence-corrected chi connectivity index (χ4v) is 3.29. The van der Waals surface area contributed by atoms with Crippen LogP contribution in [-0.2, 0) is 14.8 Å². The number of hydrogen-bond donors (Lipinski definition) is 2. The minimum atomic E-state index is -3.75. The van der Waals surface area contributed by atoms with Crippen LogP contribution in [0.1, 0.15) is 35.2 Å². The van der Waals surface area contributed by atoms with Crippen LogP contribution in [-0.4, -0.2) is 33.6 Å². The first kappa shape index (κ1) is 15.9. The first-order chi connectivity index (χ1) is 9.82. The van der Waals surface area contributed by atoms with E-state index in [0.717, 1.165) is 19.3 Å². The summed E-state index contributed by atoms with van der Waals surface area (Å²) in [5.41, 5.74) is 1.02. The number of ether oxygens (including phenoxy) is 1. The molecular formula is C14H20N2O4S. The number of benzene rings is 1. The van der Waals surface area contributed by atoms with Gasteiger partial charge < -0.3 is 10.1 Å². The van der Waals surface area contributed by atoms with Crippen LogP contribution in [0.4, 0.5) is 0 Å². The third-order valence-corrected chi connectivity index (χ3v) is 4.75. The summed E-state index contributed by atoms with van der Waals surface area (Å²) in [4.78, 5) is 12.3. The van der Waals surface area contributed by atoms with E-state index in [4.69, 9.17) is 9.88 Å². The zero-order chi connectivity index (χ0) is 15.6. The summed E-state index contributed by atoms with van der Waals surface area (Å²) >= 11 is 0. The highest BCUT2D eigenvalue weighted by Crippen LogP contribution is 2.22. The van der Waals surface area contributed by atoms with Crippen LogP contribution in [0.15, 0.2) is 23.1 Å². The van der Waals surface area contributed by atoms with Crippen LogP contribution in [0, 0.1) is 6.92 Å². The molecule has 116 valence electrons. The molecule has 0 aliphatic heterocycles. The van der Waals surface area contributed by atoms with E-state index in [1.54, 1.807) is 14.0 Å². The van der Waals surface area contributed by atoms with Crippen molar-refractivity contribution in [2.45, 2.75) is 43.2 Å². The molecule has 2 atom stereocenters. The van der Waals surface area contributed by atoms with E-state index in [-0.39, 0.29) is 22.9 Å². The van der Waals surface area contributed by atoms with Gasteiger partial charge in [0.2, 0.25) is 10.0 Å². The first-order valence-electron chi connectivity index (χ1n) is 6.80. The Labute approximate surface area is 124 Å². The van der Waals surface area contributed by atoms with Crippen molar-refractivity contribution in [1.29, 1.82) is 0 Å². The molecule has 0 aromatic heterocycles. The molecule has 2 unspecified atom stereocenters. The third-order valence-electron chi connectivity index (χ3n) is 3.84. The first-order valence-corrected chi connectivity index (χ1v) is 8.34. The lowest BCUT2D eigenvalue weighted by Crippen LogP contribution is -2.40. The van der Waals surface area contributed by atoms with Gasteiger partial charge in [0.1, 0.15) is 0 Å². The Morgan fingerprint density at radius 2 is 2.10 bits per heavy atom. The largest absolute Gasteiger partial charge is 0.379 e. The topological polar surface area (TPSA) is 98.5 Å². The van der Waals surface area contributed by atoms with E-state index in [9.17, 15) is 13.2 Å². The average Bonchev–Trinajstić information content (AvgIpc) is 2.84. The number of methoxy groups -OCH3 is 1. The molecular weight excluding hydrogens is 292 g/mol. The number of carbonyl (C=O) groups excluding carboxylic acids is 1. The number of hydrogen-bond acceptors (Lipinski definition) is 4. The molecule has 1 amide bonds. The monoisotopic (exact) mass is 312 g/mol. The fourth-order valence-electron chi connectivity index (χ4n) is 2.69. The molecule has 1 saturated carbocycles. The normalized spacial score (nSPS) is 22.2. The number of carbonyl (C=O) groups is 1. The maximum Gasteiger partial charge on any atom is 0.251 e. The Morgan fingerprint density at radius 1 is 1.38 bits per heavy atom. The van der Waals surface area contributed by atoms with Crippen molar-refractivity contribution in [3.63, 3.8) is 0 Å². The van der Waals surface area contributed by atoms with Crippen LogP contribution in [0.3, 0.4) is 0 Å². The smallest absolute Gasteiger partial charge is 0.251 e. The highest BCUT2D eigenvalue weighted by atomic mass is 32.2. The molecule has 1 aromatic rings. The molecule has 21 heavy (non-hydrogen) atoms. The Bertz CT molecular complexity index is 642. The average molecular weight is 312 g/mol. The van der Waals surface area contributed by atoms with E-state index >= 15 is 0 Å². The summed E-state index contributed by atoms with van der Waals surface area (Å²) < 4.78 is 27.9. The minimum absolute atomic E-state index is 0.000169. The van der Waals surface area contributed by atoms with Crippen molar-refractivity contribution in [2.75, 3.05) is 7.11 Å². The number of primary sulfonamides is 1. The lowest BCUT2D eigenvalue weighted by Gasteiger charge is -2.20. The zero-order valence-electron chi connectivity index (χ0n) is 12.1. The van der Waals surface area contributed by atoms with Gasteiger partial charge in [0.15, 0.2) is 0 Å². The second-order valence-corrected chi connectivity index (χ2v) is 6.87. The summed E-state index contributed by atoms with van der Waals surface area (Å²) in [6.07, 6.45) is 2.88. The summed E-state index contributed by atoms with van der Waals surface area (Å²) in [6, 6.07) is 4.24. The number of nitrogens with two attached hydrogens (primary N) is 1. The molecule has 1 fully saturated rings. The van der Waals surface area contributed by atoms with Crippen LogP contribution in [0.5, 0.6) is 0 Å². The van der Waals surface area contributed by atoms with Crippen LogP contribution < -0.4 is 10.5 Å². The van der Waals surface area contributed by atoms with Crippen LogP contribution in [0.25, 0.3) is 0 Å². The number of nitrogens with one attached hydrogen (secondary N) is 1. The summed E-state index contributed by atoms with van der Waals surface area (Å²) in [5.74, 6) is -0.220. The van der Waals surface area contributed by atoms with Crippen LogP contribution in [0.2, 0.25) is 0 Å². The van der Waals surface area contributed by atoms with Gasteiger partial charge in [-0.05, 0) is 49.9 Å². The van der Waals surface area contributed by atoms with Gasteiger partial charge in [-0.2, -0.15) is 0 Å². The fraction of sp³-hybridized carbons (Fsp3) is 0.500. The molecule has 1 aliphatic carbocycles. The molecule has 3 N–H and O–H groups in total. The second-order valence-electron chi connectivity index (χ2n) is 5.31. The molecule has 0 heterocycles. The van der Waals surface area contributed by atoms with Gasteiger partial charge in [-0.1, -0.05) is 0 Å². The Kier molecular flexibility index (Phi) is 4.65. The minimum Gasteiger partial charge on any atom is -0.379 e. The summed E-state index contributed by atoms with van der Waals surface area (Å²) in [7, 11) is -2.11. The number of sulfonamides is 1. The molecule has 6 nitrogen and oxygen atoms in total. The third kappa shape index (κ3) is 3.61. The quantitative estimate of drug-likeness (QED) is 0.864. The molecule has 1 aromatic carbocycles.